The maximum absolute atomic E-state index is 12.9. The molecule has 0 fully saturated rings. The molecular weight excluding hydrogens is 335 g/mol. The summed E-state index contributed by atoms with van der Waals surface area (Å²) >= 11 is 0. The molecule has 0 spiro atoms. The molecule has 0 aliphatic carbocycles. The molecule has 23 heavy (non-hydrogen) atoms. The summed E-state index contributed by atoms with van der Waals surface area (Å²) in [4.78, 5) is -0.428. The molecular formula is C13H16F3N3O3S. The Morgan fingerprint density at radius 3 is 2.43 bits per heavy atom. The topological polar surface area (TPSA) is 81.7 Å². The first kappa shape index (κ1) is 17.6. The van der Waals surface area contributed by atoms with Gasteiger partial charge < -0.3 is 10.5 Å². The molecule has 10 heteroatoms. The van der Waals surface area contributed by atoms with E-state index in [0.717, 1.165) is 12.1 Å². The van der Waals surface area contributed by atoms with Crippen LogP contribution >= 0.6 is 0 Å². The summed E-state index contributed by atoms with van der Waals surface area (Å²) in [5.41, 5.74) is 5.12. The van der Waals surface area contributed by atoms with Crippen molar-refractivity contribution in [2.24, 2.45) is 0 Å². The smallest absolute Gasteiger partial charge is 0.390 e. The Labute approximate surface area is 131 Å². The van der Waals surface area contributed by atoms with Gasteiger partial charge in [-0.05, 0) is 25.1 Å². The second-order valence-corrected chi connectivity index (χ2v) is 7.12. The van der Waals surface area contributed by atoms with Gasteiger partial charge in [-0.15, -0.1) is 5.53 Å². The van der Waals surface area contributed by atoms with Gasteiger partial charge in [-0.1, -0.05) is 6.92 Å². The minimum Gasteiger partial charge on any atom is -0.390 e. The van der Waals surface area contributed by atoms with E-state index in [0.29, 0.717) is 17.5 Å². The van der Waals surface area contributed by atoms with Gasteiger partial charge in [0.25, 0.3) is 0 Å². The zero-order chi connectivity index (χ0) is 17.4. The molecule has 0 atom stereocenters. The number of alkyl halides is 3. The molecule has 128 valence electrons. The maximum atomic E-state index is 12.9. The number of allylic oxidation sites excluding steroid dienone is 1. The molecule has 0 unspecified atom stereocenters. The maximum Gasteiger partial charge on any atom is 0.416 e. The fourth-order valence-corrected chi connectivity index (χ4v) is 3.20. The average molecular weight is 351 g/mol. The van der Waals surface area contributed by atoms with Gasteiger partial charge in [0, 0.05) is 0 Å². The Morgan fingerprint density at radius 1 is 1.30 bits per heavy atom. The third-order valence-corrected chi connectivity index (χ3v) is 5.25. The number of halogens is 3. The third-order valence-electron chi connectivity index (χ3n) is 3.49. The summed E-state index contributed by atoms with van der Waals surface area (Å²) < 4.78 is 63.1. The van der Waals surface area contributed by atoms with Gasteiger partial charge in [0.1, 0.15) is 0 Å². The largest absolute Gasteiger partial charge is 0.416 e. The van der Waals surface area contributed by atoms with Crippen LogP contribution in [0, 0.1) is 0 Å². The first-order chi connectivity index (χ1) is 10.6. The zero-order valence-corrected chi connectivity index (χ0v) is 13.2. The molecule has 1 aromatic rings. The van der Waals surface area contributed by atoms with Crippen molar-refractivity contribution in [1.29, 1.82) is 0 Å². The van der Waals surface area contributed by atoms with Crippen molar-refractivity contribution in [2.45, 2.75) is 24.9 Å². The van der Waals surface area contributed by atoms with Gasteiger partial charge >= 0.3 is 6.18 Å². The van der Waals surface area contributed by atoms with E-state index in [1.165, 1.54) is 11.9 Å². The fraction of sp³-hybridized carbons (Fsp3) is 0.385. The van der Waals surface area contributed by atoms with E-state index in [4.69, 9.17) is 0 Å². The summed E-state index contributed by atoms with van der Waals surface area (Å²) in [6.07, 6.45) is -4.64. The number of anilines is 1. The van der Waals surface area contributed by atoms with Crippen molar-refractivity contribution >= 4 is 15.5 Å². The predicted octanol–water partition coefficient (Wildman–Crippen LogP) is 1.55. The van der Waals surface area contributed by atoms with Gasteiger partial charge in [-0.2, -0.15) is 13.2 Å². The minimum atomic E-state index is -4.64. The molecule has 1 heterocycles. The Morgan fingerprint density at radius 2 is 1.96 bits per heavy atom. The van der Waals surface area contributed by atoms with Crippen LogP contribution in [0.5, 0.6) is 0 Å². The van der Waals surface area contributed by atoms with E-state index >= 15 is 0 Å². The van der Waals surface area contributed by atoms with Crippen LogP contribution in [0.2, 0.25) is 0 Å². The number of rotatable bonds is 4. The normalized spacial score (nSPS) is 16.0. The average Bonchev–Trinajstić information content (AvgIpc) is 2.86. The Bertz CT molecular complexity index is 745. The second-order valence-electron chi connectivity index (χ2n) is 4.88. The van der Waals surface area contributed by atoms with E-state index in [2.05, 4.69) is 11.0 Å². The molecule has 0 radical (unpaired) electrons. The van der Waals surface area contributed by atoms with Gasteiger partial charge in [0.2, 0.25) is 0 Å². The highest BCUT2D eigenvalue weighted by Crippen LogP contribution is 2.36. The van der Waals surface area contributed by atoms with E-state index in [-0.39, 0.29) is 18.0 Å². The number of sulfone groups is 1. The van der Waals surface area contributed by atoms with Crippen molar-refractivity contribution in [3.8, 4) is 0 Å². The second kappa shape index (κ2) is 6.02. The van der Waals surface area contributed by atoms with Crippen LogP contribution in [0.25, 0.3) is 0 Å². The fourth-order valence-electron chi connectivity index (χ4n) is 2.11. The van der Waals surface area contributed by atoms with Crippen molar-refractivity contribution in [2.75, 3.05) is 17.4 Å². The van der Waals surface area contributed by atoms with Crippen LogP contribution < -0.4 is 16.0 Å². The molecule has 0 aromatic heterocycles. The summed E-state index contributed by atoms with van der Waals surface area (Å²) in [6.45, 7) is 2.63. The highest BCUT2D eigenvalue weighted by Gasteiger charge is 2.34. The molecule has 0 saturated heterocycles. The number of hydrogen-bond acceptors (Lipinski definition) is 6. The molecule has 0 saturated carbocycles. The highest BCUT2D eigenvalue weighted by molar-refractivity contribution is 7.91. The van der Waals surface area contributed by atoms with Crippen LogP contribution in [0.4, 0.5) is 18.9 Å². The SMILES string of the molecule is CCS(=O)(=O)c1cc(C(F)(F)F)ccc1N1NNC(CO)=C1C. The summed E-state index contributed by atoms with van der Waals surface area (Å²) in [5.74, 6) is -0.335. The van der Waals surface area contributed by atoms with Gasteiger partial charge in [0.15, 0.2) is 9.84 Å². The lowest BCUT2D eigenvalue weighted by Crippen LogP contribution is -2.38. The molecule has 1 aliphatic heterocycles. The van der Waals surface area contributed by atoms with Crippen LogP contribution in [-0.4, -0.2) is 25.9 Å². The summed E-state index contributed by atoms with van der Waals surface area (Å²) in [6, 6.07) is 2.53. The number of hydrazine groups is 2. The quantitative estimate of drug-likeness (QED) is 0.764. The highest BCUT2D eigenvalue weighted by atomic mass is 32.2. The van der Waals surface area contributed by atoms with E-state index in [9.17, 15) is 26.7 Å². The number of aliphatic hydroxyl groups excluding tert-OH is 1. The predicted molar refractivity (Wildman–Crippen MR) is 77.7 cm³/mol. The number of benzene rings is 1. The Balaban J connectivity index is 2.63. The number of nitrogens with one attached hydrogen (secondary N) is 2. The molecule has 1 aromatic carbocycles. The van der Waals surface area contributed by atoms with E-state index < -0.39 is 26.5 Å². The van der Waals surface area contributed by atoms with E-state index in [1.54, 1.807) is 6.92 Å². The zero-order valence-electron chi connectivity index (χ0n) is 12.4. The molecule has 0 bridgehead atoms. The molecule has 0 amide bonds. The first-order valence-corrected chi connectivity index (χ1v) is 8.33. The van der Waals surface area contributed by atoms with Crippen molar-refractivity contribution in [1.82, 2.24) is 11.0 Å². The Kier molecular flexibility index (Phi) is 4.60. The van der Waals surface area contributed by atoms with Crippen LogP contribution in [0.3, 0.4) is 0 Å². The van der Waals surface area contributed by atoms with Gasteiger partial charge in [-0.3, -0.25) is 5.01 Å². The third kappa shape index (κ3) is 3.28. The summed E-state index contributed by atoms with van der Waals surface area (Å²) in [5, 5.41) is 10.5. The van der Waals surface area contributed by atoms with E-state index in [1.807, 2.05) is 0 Å². The molecule has 3 N–H and O–H groups in total. The monoisotopic (exact) mass is 351 g/mol. The van der Waals surface area contributed by atoms with Crippen molar-refractivity contribution < 1.29 is 26.7 Å². The lowest BCUT2D eigenvalue weighted by Gasteiger charge is -2.23. The van der Waals surface area contributed by atoms with Crippen LogP contribution in [0.1, 0.15) is 19.4 Å². The lowest BCUT2D eigenvalue weighted by atomic mass is 10.2. The number of aliphatic hydroxyl groups is 1. The number of nitrogens with zero attached hydrogens (tertiary/aromatic N) is 1. The van der Waals surface area contributed by atoms with Gasteiger partial charge in [0.05, 0.1) is 39.9 Å². The van der Waals surface area contributed by atoms with Crippen LogP contribution in [-0.2, 0) is 16.0 Å². The van der Waals surface area contributed by atoms with Crippen molar-refractivity contribution in [3.63, 3.8) is 0 Å². The molecule has 2 rings (SSSR count). The molecule has 1 aliphatic rings. The lowest BCUT2D eigenvalue weighted by molar-refractivity contribution is -0.137. The number of hydrogen-bond donors (Lipinski definition) is 3. The van der Waals surface area contributed by atoms with Crippen molar-refractivity contribution in [3.05, 3.63) is 35.2 Å². The standard InChI is InChI=1S/C13H16F3N3O3S/c1-3-23(21,22)12-6-9(13(14,15)16)4-5-11(12)19-8(2)10(7-20)17-18-19/h4-6,17-18,20H,3,7H2,1-2H3. The molecule has 6 nitrogen and oxygen atoms in total. The van der Waals surface area contributed by atoms with Gasteiger partial charge in [-0.25, -0.2) is 8.42 Å². The van der Waals surface area contributed by atoms with Crippen LogP contribution in [0.15, 0.2) is 34.5 Å². The summed E-state index contributed by atoms with van der Waals surface area (Å²) in [7, 11) is -3.89. The Hall–Kier alpha value is -1.78. The first-order valence-electron chi connectivity index (χ1n) is 6.68. The minimum absolute atomic E-state index is 0.0494.